The average molecular weight is 311 g/mol. The zero-order chi connectivity index (χ0) is 14.3. The van der Waals surface area contributed by atoms with Crippen molar-refractivity contribution in [1.82, 2.24) is 0 Å². The third kappa shape index (κ3) is 3.10. The van der Waals surface area contributed by atoms with Crippen LogP contribution in [0.25, 0.3) is 0 Å². The van der Waals surface area contributed by atoms with Crippen LogP contribution in [-0.2, 0) is 0 Å². The van der Waals surface area contributed by atoms with E-state index in [-0.39, 0.29) is 11.0 Å². The van der Waals surface area contributed by atoms with E-state index >= 15 is 0 Å². The van der Waals surface area contributed by atoms with Crippen molar-refractivity contribution in [2.75, 3.05) is 0 Å². The molecule has 0 aromatic carbocycles. The fraction of sp³-hybridized carbons (Fsp3) is 0.538. The maximum atomic E-state index is 13.2. The Balaban J connectivity index is 2.38. The molecular weight excluding hydrogens is 300 g/mol. The molecule has 19 heavy (non-hydrogen) atoms. The van der Waals surface area contributed by atoms with Crippen molar-refractivity contribution in [3.8, 4) is 11.8 Å². The third-order valence-corrected chi connectivity index (χ3v) is 3.75. The molecule has 2 aliphatic carbocycles. The van der Waals surface area contributed by atoms with Crippen LogP contribution in [-0.4, -0.2) is 22.3 Å². The Morgan fingerprint density at radius 1 is 1.32 bits per heavy atom. The van der Waals surface area contributed by atoms with Crippen molar-refractivity contribution in [1.29, 1.82) is 0 Å². The van der Waals surface area contributed by atoms with Gasteiger partial charge in [0.05, 0.1) is 5.38 Å². The van der Waals surface area contributed by atoms with E-state index in [2.05, 4.69) is 5.92 Å². The highest BCUT2D eigenvalue weighted by atomic mass is 35.5. The van der Waals surface area contributed by atoms with Crippen LogP contribution in [0.4, 0.5) is 13.2 Å². The molecule has 0 spiro atoms. The second-order valence-corrected chi connectivity index (χ2v) is 5.63. The number of allylic oxidation sites excluding steroid dienone is 3. The molecular formula is C13H11Cl2F3O. The number of halogens is 5. The summed E-state index contributed by atoms with van der Waals surface area (Å²) >= 11 is 11.5. The zero-order valence-corrected chi connectivity index (χ0v) is 11.2. The fourth-order valence-electron chi connectivity index (χ4n) is 1.76. The molecule has 0 heterocycles. The lowest BCUT2D eigenvalue weighted by molar-refractivity contribution is -0.247. The van der Waals surface area contributed by atoms with Crippen molar-refractivity contribution < 1.29 is 18.3 Å². The molecule has 1 fully saturated rings. The molecule has 6 heteroatoms. The second kappa shape index (κ2) is 5.05. The highest BCUT2D eigenvalue weighted by Gasteiger charge is 2.59. The van der Waals surface area contributed by atoms with Crippen molar-refractivity contribution in [3.63, 3.8) is 0 Å². The molecule has 1 N–H and O–H groups in total. The third-order valence-electron chi connectivity index (χ3n) is 3.08. The van der Waals surface area contributed by atoms with E-state index in [0.29, 0.717) is 0 Å². The molecule has 2 aliphatic rings. The van der Waals surface area contributed by atoms with Gasteiger partial charge in [-0.2, -0.15) is 13.2 Å². The summed E-state index contributed by atoms with van der Waals surface area (Å²) in [5, 5.41) is 9.11. The molecule has 2 rings (SSSR count). The van der Waals surface area contributed by atoms with E-state index in [9.17, 15) is 18.3 Å². The Morgan fingerprint density at radius 2 is 1.95 bits per heavy atom. The molecule has 0 aromatic rings. The minimum Gasteiger partial charge on any atom is -0.369 e. The number of hydrogen-bond acceptors (Lipinski definition) is 1. The van der Waals surface area contributed by atoms with Crippen LogP contribution < -0.4 is 0 Å². The van der Waals surface area contributed by atoms with Gasteiger partial charge in [-0.05, 0) is 18.9 Å². The second-order valence-electron chi connectivity index (χ2n) is 4.69. The summed E-state index contributed by atoms with van der Waals surface area (Å²) in [6, 6.07) is 0. The molecule has 0 radical (unpaired) electrons. The zero-order valence-electron chi connectivity index (χ0n) is 9.72. The molecule has 3 atom stereocenters. The maximum Gasteiger partial charge on any atom is 0.429 e. The molecule has 0 aliphatic heterocycles. The molecule has 1 nitrogen and oxygen atoms in total. The summed E-state index contributed by atoms with van der Waals surface area (Å²) in [6.45, 7) is 0. The van der Waals surface area contributed by atoms with Gasteiger partial charge in [0.15, 0.2) is 0 Å². The van der Waals surface area contributed by atoms with Gasteiger partial charge in [-0.15, -0.1) is 11.6 Å². The molecule has 2 unspecified atom stereocenters. The summed E-state index contributed by atoms with van der Waals surface area (Å²) in [7, 11) is 0. The summed E-state index contributed by atoms with van der Waals surface area (Å²) in [6.07, 6.45) is 0.476. The smallest absolute Gasteiger partial charge is 0.369 e. The lowest BCUT2D eigenvalue weighted by Crippen LogP contribution is -2.52. The first kappa shape index (κ1) is 14.8. The Labute approximate surface area is 119 Å². The number of aliphatic hydroxyl groups is 1. The molecule has 0 aromatic heterocycles. The normalized spacial score (nSPS) is 30.1. The van der Waals surface area contributed by atoms with Crippen LogP contribution in [0.3, 0.4) is 0 Å². The Kier molecular flexibility index (Phi) is 3.92. The van der Waals surface area contributed by atoms with Crippen LogP contribution in [0.2, 0.25) is 0 Å². The van der Waals surface area contributed by atoms with Gasteiger partial charge in [0, 0.05) is 16.9 Å². The van der Waals surface area contributed by atoms with Gasteiger partial charge < -0.3 is 5.11 Å². The fourth-order valence-corrected chi connectivity index (χ4v) is 2.29. The molecule has 0 saturated heterocycles. The van der Waals surface area contributed by atoms with E-state index in [1.54, 1.807) is 0 Å². The summed E-state index contributed by atoms with van der Waals surface area (Å²) < 4.78 is 39.5. The van der Waals surface area contributed by atoms with E-state index in [4.69, 9.17) is 23.2 Å². The highest BCUT2D eigenvalue weighted by Crippen LogP contribution is 2.42. The first-order valence-electron chi connectivity index (χ1n) is 5.75. The van der Waals surface area contributed by atoms with Gasteiger partial charge in [0.2, 0.25) is 5.60 Å². The summed E-state index contributed by atoms with van der Waals surface area (Å²) in [5.74, 6) is 2.97. The predicted molar refractivity (Wildman–Crippen MR) is 67.7 cm³/mol. The first-order valence-corrected chi connectivity index (χ1v) is 6.57. The SMILES string of the molecule is O[C@@](C#CC1CC1)(C1C=C(Cl)C=CC1Cl)C(F)(F)F. The largest absolute Gasteiger partial charge is 0.429 e. The Morgan fingerprint density at radius 3 is 2.47 bits per heavy atom. The Bertz CT molecular complexity index is 482. The first-order chi connectivity index (χ1) is 8.74. The van der Waals surface area contributed by atoms with Gasteiger partial charge in [-0.3, -0.25) is 0 Å². The lowest BCUT2D eigenvalue weighted by atomic mass is 9.82. The van der Waals surface area contributed by atoms with Gasteiger partial charge >= 0.3 is 6.18 Å². The summed E-state index contributed by atoms with van der Waals surface area (Å²) in [4.78, 5) is 0. The van der Waals surface area contributed by atoms with E-state index in [0.717, 1.165) is 18.9 Å². The van der Waals surface area contributed by atoms with Crippen LogP contribution >= 0.6 is 23.2 Å². The topological polar surface area (TPSA) is 20.2 Å². The lowest BCUT2D eigenvalue weighted by Gasteiger charge is -2.34. The monoisotopic (exact) mass is 310 g/mol. The van der Waals surface area contributed by atoms with Crippen molar-refractivity contribution in [3.05, 3.63) is 23.3 Å². The van der Waals surface area contributed by atoms with Crippen molar-refractivity contribution >= 4 is 23.2 Å². The maximum absolute atomic E-state index is 13.2. The van der Waals surface area contributed by atoms with Crippen molar-refractivity contribution in [2.45, 2.75) is 30.0 Å². The quantitative estimate of drug-likeness (QED) is 0.579. The average Bonchev–Trinajstić information content (AvgIpc) is 3.11. The number of rotatable bonds is 1. The van der Waals surface area contributed by atoms with Crippen molar-refractivity contribution in [2.24, 2.45) is 11.8 Å². The van der Waals surface area contributed by atoms with Crippen LogP contribution in [0, 0.1) is 23.7 Å². The molecule has 0 amide bonds. The van der Waals surface area contributed by atoms with Crippen LogP contribution in [0.1, 0.15) is 12.8 Å². The summed E-state index contributed by atoms with van der Waals surface area (Å²) in [5.41, 5.74) is -3.17. The number of hydrogen-bond donors (Lipinski definition) is 1. The van der Waals surface area contributed by atoms with Gasteiger partial charge in [0.25, 0.3) is 0 Å². The van der Waals surface area contributed by atoms with Gasteiger partial charge in [-0.1, -0.05) is 35.6 Å². The number of alkyl halides is 4. The molecule has 1 saturated carbocycles. The standard InChI is InChI=1S/C13H11Cl2F3O/c14-9-3-4-11(15)10(7-9)12(19,13(16,17)18)6-5-8-1-2-8/h3-4,7-8,10-11,19H,1-2H2/t10?,11?,12-/m0/s1. The molecule has 104 valence electrons. The minimum absolute atomic E-state index is 0.0544. The minimum atomic E-state index is -4.90. The van der Waals surface area contributed by atoms with E-state index < -0.39 is 23.1 Å². The van der Waals surface area contributed by atoms with E-state index in [1.165, 1.54) is 12.2 Å². The predicted octanol–water partition coefficient (Wildman–Crippen LogP) is 3.61. The van der Waals surface area contributed by atoms with Gasteiger partial charge in [0.1, 0.15) is 0 Å². The molecule has 0 bridgehead atoms. The van der Waals surface area contributed by atoms with Gasteiger partial charge in [-0.25, -0.2) is 0 Å². The van der Waals surface area contributed by atoms with E-state index in [1.807, 2.05) is 5.92 Å². The highest BCUT2D eigenvalue weighted by molar-refractivity contribution is 6.31. The Hall–Kier alpha value is -0.630. The van der Waals surface area contributed by atoms with Crippen LogP contribution in [0.15, 0.2) is 23.3 Å². The van der Waals surface area contributed by atoms with Crippen LogP contribution in [0.5, 0.6) is 0 Å².